The zero-order valence-corrected chi connectivity index (χ0v) is 8.56. The number of hydrogen-bond donors (Lipinski definition) is 0. The SMILES string of the molecule is C[C]1CC[C@H]2C[C@@H]1PC[C@H]2C. The molecule has 0 aromatic heterocycles. The molecule has 0 aromatic carbocycles. The fourth-order valence-corrected chi connectivity index (χ4v) is 4.43. The zero-order valence-electron chi connectivity index (χ0n) is 7.56. The molecule has 0 nitrogen and oxygen atoms in total. The van der Waals surface area contributed by atoms with Crippen molar-refractivity contribution in [1.82, 2.24) is 0 Å². The van der Waals surface area contributed by atoms with Crippen molar-refractivity contribution in [3.05, 3.63) is 5.92 Å². The van der Waals surface area contributed by atoms with Crippen molar-refractivity contribution in [2.24, 2.45) is 11.8 Å². The van der Waals surface area contributed by atoms with E-state index >= 15 is 0 Å². The molecule has 63 valence electrons. The molecule has 0 amide bonds. The highest BCUT2D eigenvalue weighted by atomic mass is 31.1. The van der Waals surface area contributed by atoms with Crippen LogP contribution in [0.1, 0.15) is 33.1 Å². The van der Waals surface area contributed by atoms with Crippen molar-refractivity contribution in [3.8, 4) is 0 Å². The third-order valence-electron chi connectivity index (χ3n) is 3.53. The maximum Gasteiger partial charge on any atom is -0.0174 e. The summed E-state index contributed by atoms with van der Waals surface area (Å²) in [6, 6.07) is 0. The van der Waals surface area contributed by atoms with Gasteiger partial charge in [-0.2, -0.15) is 0 Å². The van der Waals surface area contributed by atoms with Crippen LogP contribution in [0.15, 0.2) is 0 Å². The van der Waals surface area contributed by atoms with Crippen LogP contribution in [0, 0.1) is 17.8 Å². The maximum absolute atomic E-state index is 2.45. The van der Waals surface area contributed by atoms with Gasteiger partial charge >= 0.3 is 0 Å². The molecule has 11 heavy (non-hydrogen) atoms. The van der Waals surface area contributed by atoms with Gasteiger partial charge in [-0.25, -0.2) is 0 Å². The Morgan fingerprint density at radius 2 is 2.27 bits per heavy atom. The first-order chi connectivity index (χ1) is 5.27. The zero-order chi connectivity index (χ0) is 7.84. The Kier molecular flexibility index (Phi) is 2.23. The molecular formula is C10H18P. The van der Waals surface area contributed by atoms with Gasteiger partial charge in [0.25, 0.3) is 0 Å². The van der Waals surface area contributed by atoms with Gasteiger partial charge in [0, 0.05) is 0 Å². The predicted octanol–water partition coefficient (Wildman–Crippen LogP) is 3.08. The molecule has 2 fully saturated rings. The van der Waals surface area contributed by atoms with E-state index < -0.39 is 0 Å². The van der Waals surface area contributed by atoms with Crippen molar-refractivity contribution in [3.63, 3.8) is 0 Å². The highest BCUT2D eigenvalue weighted by molar-refractivity contribution is 7.39. The summed E-state index contributed by atoms with van der Waals surface area (Å²) in [7, 11) is 1.25. The second-order valence-corrected chi connectivity index (χ2v) is 5.83. The summed E-state index contributed by atoms with van der Waals surface area (Å²) < 4.78 is 0. The van der Waals surface area contributed by atoms with Crippen molar-refractivity contribution < 1.29 is 0 Å². The lowest BCUT2D eigenvalue weighted by Crippen LogP contribution is -2.32. The molecule has 1 aliphatic carbocycles. The van der Waals surface area contributed by atoms with Crippen molar-refractivity contribution in [2.75, 3.05) is 6.16 Å². The smallest absolute Gasteiger partial charge is 0.0174 e. The predicted molar refractivity (Wildman–Crippen MR) is 52.4 cm³/mol. The van der Waals surface area contributed by atoms with Crippen LogP contribution in [-0.4, -0.2) is 11.8 Å². The summed E-state index contributed by atoms with van der Waals surface area (Å²) in [5, 5.41) is 0. The minimum absolute atomic E-state index is 1.04. The Hall–Kier alpha value is 0.430. The van der Waals surface area contributed by atoms with E-state index in [9.17, 15) is 0 Å². The summed E-state index contributed by atoms with van der Waals surface area (Å²) in [5.41, 5.74) is 1.05. The van der Waals surface area contributed by atoms with Crippen LogP contribution in [0.5, 0.6) is 0 Å². The molecule has 1 aliphatic heterocycles. The van der Waals surface area contributed by atoms with Gasteiger partial charge in [0.1, 0.15) is 0 Å². The largest absolute Gasteiger partial charge is 0.118 e. The van der Waals surface area contributed by atoms with Gasteiger partial charge in [0.05, 0.1) is 0 Å². The summed E-state index contributed by atoms with van der Waals surface area (Å²) >= 11 is 0. The molecule has 0 spiro atoms. The summed E-state index contributed by atoms with van der Waals surface area (Å²) in [6.45, 7) is 4.83. The molecule has 1 saturated heterocycles. The Labute approximate surface area is 71.9 Å². The van der Waals surface area contributed by atoms with Crippen LogP contribution in [0.2, 0.25) is 0 Å². The van der Waals surface area contributed by atoms with Gasteiger partial charge in [-0.1, -0.05) is 13.8 Å². The van der Waals surface area contributed by atoms with Crippen LogP contribution in [0.3, 0.4) is 0 Å². The molecule has 1 unspecified atom stereocenters. The molecule has 4 atom stereocenters. The summed E-state index contributed by atoms with van der Waals surface area (Å²) in [5.74, 6) is 3.94. The highest BCUT2D eigenvalue weighted by Gasteiger charge is 2.34. The van der Waals surface area contributed by atoms with Gasteiger partial charge in [-0.15, -0.1) is 8.58 Å². The third kappa shape index (κ3) is 1.47. The van der Waals surface area contributed by atoms with Gasteiger partial charge in [-0.05, 0) is 48.8 Å². The summed E-state index contributed by atoms with van der Waals surface area (Å²) in [4.78, 5) is 0. The molecule has 1 heteroatoms. The number of hydrogen-bond acceptors (Lipinski definition) is 0. The molecule has 1 radical (unpaired) electrons. The standard InChI is InChI=1S/C10H18P/c1-7-3-4-9-5-10(7)11-6-8(9)2/h8-11H,3-6H2,1-2H3/t8-,9+,10+/m1/s1. The topological polar surface area (TPSA) is 0 Å². The second-order valence-electron chi connectivity index (χ2n) is 4.32. The van der Waals surface area contributed by atoms with Crippen LogP contribution in [-0.2, 0) is 0 Å². The maximum atomic E-state index is 2.45. The van der Waals surface area contributed by atoms with E-state index in [-0.39, 0.29) is 0 Å². The van der Waals surface area contributed by atoms with Crippen LogP contribution in [0.25, 0.3) is 0 Å². The minimum Gasteiger partial charge on any atom is -0.118 e. The van der Waals surface area contributed by atoms with Crippen LogP contribution in [0.4, 0.5) is 0 Å². The molecule has 0 N–H and O–H groups in total. The second kappa shape index (κ2) is 3.05. The van der Waals surface area contributed by atoms with E-state index in [1.807, 2.05) is 5.92 Å². The van der Waals surface area contributed by atoms with Crippen molar-refractivity contribution in [2.45, 2.75) is 38.8 Å². The number of fused-ring (bicyclic) bond motifs is 2. The first kappa shape index (κ1) is 8.05. The monoisotopic (exact) mass is 169 g/mol. The Morgan fingerprint density at radius 3 is 3.09 bits per heavy atom. The minimum atomic E-state index is 1.04. The normalized spacial score (nSPS) is 48.0. The lowest BCUT2D eigenvalue weighted by Gasteiger charge is -2.42. The fourth-order valence-electron chi connectivity index (χ4n) is 2.48. The van der Waals surface area contributed by atoms with Gasteiger partial charge in [0.15, 0.2) is 0 Å². The first-order valence-corrected chi connectivity index (χ1v) is 6.11. The average molecular weight is 169 g/mol. The van der Waals surface area contributed by atoms with E-state index in [4.69, 9.17) is 0 Å². The molecule has 2 aliphatic rings. The quantitative estimate of drug-likeness (QED) is 0.489. The van der Waals surface area contributed by atoms with E-state index in [1.54, 1.807) is 0 Å². The Bertz CT molecular complexity index is 128. The van der Waals surface area contributed by atoms with Gasteiger partial charge < -0.3 is 0 Å². The number of rotatable bonds is 0. The van der Waals surface area contributed by atoms with E-state index in [2.05, 4.69) is 13.8 Å². The molecule has 1 heterocycles. The summed E-state index contributed by atoms with van der Waals surface area (Å²) in [6.07, 6.45) is 5.98. The van der Waals surface area contributed by atoms with Crippen molar-refractivity contribution in [1.29, 1.82) is 0 Å². The molecule has 0 aromatic rings. The lowest BCUT2D eigenvalue weighted by molar-refractivity contribution is 0.287. The molecule has 2 rings (SSSR count). The molecule has 2 bridgehead atoms. The Morgan fingerprint density at radius 1 is 1.45 bits per heavy atom. The Balaban J connectivity index is 2.02. The van der Waals surface area contributed by atoms with Gasteiger partial charge in [-0.3, -0.25) is 0 Å². The fraction of sp³-hybridized carbons (Fsp3) is 0.900. The average Bonchev–Trinajstić information content (AvgIpc) is 2.02. The van der Waals surface area contributed by atoms with Crippen LogP contribution < -0.4 is 0 Å². The van der Waals surface area contributed by atoms with E-state index in [1.165, 1.54) is 34.0 Å². The lowest BCUT2D eigenvalue weighted by atomic mass is 9.77. The highest BCUT2D eigenvalue weighted by Crippen LogP contribution is 2.49. The van der Waals surface area contributed by atoms with Crippen LogP contribution >= 0.6 is 8.58 Å². The molecule has 1 saturated carbocycles. The molecular weight excluding hydrogens is 151 g/mol. The van der Waals surface area contributed by atoms with Gasteiger partial charge in [0.2, 0.25) is 0 Å². The van der Waals surface area contributed by atoms with E-state index in [0.29, 0.717) is 0 Å². The first-order valence-electron chi connectivity index (χ1n) is 4.83. The van der Waals surface area contributed by atoms with E-state index in [0.717, 1.165) is 17.5 Å². The third-order valence-corrected chi connectivity index (χ3v) is 5.63. The van der Waals surface area contributed by atoms with Crippen molar-refractivity contribution >= 4 is 8.58 Å².